The molecule has 19 heavy (non-hydrogen) atoms. The molecule has 0 aliphatic heterocycles. The molecule has 1 amide bonds. The number of hydrogen-bond acceptors (Lipinski definition) is 2. The van der Waals surface area contributed by atoms with Crippen LogP contribution in [0.5, 0.6) is 0 Å². The number of amides is 1. The summed E-state index contributed by atoms with van der Waals surface area (Å²) in [6.07, 6.45) is 3.94. The van der Waals surface area contributed by atoms with Gasteiger partial charge in [-0.1, -0.05) is 44.5 Å². The lowest BCUT2D eigenvalue weighted by atomic mass is 10.1. The molecule has 3 N–H and O–H groups in total. The van der Waals surface area contributed by atoms with Crippen molar-refractivity contribution in [3.63, 3.8) is 0 Å². The minimum absolute atomic E-state index is 0.0110. The number of nitrogens with one attached hydrogen (secondary N) is 1. The van der Waals surface area contributed by atoms with Gasteiger partial charge in [0.25, 0.3) is 0 Å². The normalized spacial score (nSPS) is 12.2. The lowest BCUT2D eigenvalue weighted by Crippen LogP contribution is -2.31. The topological polar surface area (TPSA) is 55.1 Å². The fraction of sp³-hybridized carbons (Fsp3) is 0.562. The van der Waals surface area contributed by atoms with Gasteiger partial charge in [-0.3, -0.25) is 4.79 Å². The first kappa shape index (κ1) is 15.7. The fourth-order valence-electron chi connectivity index (χ4n) is 2.05. The Hall–Kier alpha value is -1.35. The van der Waals surface area contributed by atoms with E-state index in [1.807, 2.05) is 6.92 Å². The number of hydrogen-bond donors (Lipinski definition) is 2. The van der Waals surface area contributed by atoms with Gasteiger partial charge >= 0.3 is 0 Å². The Bertz CT molecular complexity index is 373. The molecule has 1 aromatic carbocycles. The van der Waals surface area contributed by atoms with E-state index in [9.17, 15) is 4.79 Å². The van der Waals surface area contributed by atoms with Crippen LogP contribution >= 0.6 is 0 Å². The summed E-state index contributed by atoms with van der Waals surface area (Å²) in [7, 11) is 0. The second-order valence-electron chi connectivity index (χ2n) is 5.09. The smallest absolute Gasteiger partial charge is 0.222 e. The van der Waals surface area contributed by atoms with Gasteiger partial charge in [-0.05, 0) is 36.9 Å². The maximum Gasteiger partial charge on any atom is 0.222 e. The predicted octanol–water partition coefficient (Wildman–Crippen LogP) is 2.28. The molecule has 0 heterocycles. The van der Waals surface area contributed by atoms with Gasteiger partial charge in [0.05, 0.1) is 0 Å². The molecule has 0 bridgehead atoms. The Labute approximate surface area is 116 Å². The van der Waals surface area contributed by atoms with Crippen molar-refractivity contribution in [1.82, 2.24) is 5.32 Å². The quantitative estimate of drug-likeness (QED) is 0.755. The molecule has 0 aliphatic rings. The number of carbonyl (C=O) groups excluding carboxylic acids is 1. The molecule has 3 nitrogen and oxygen atoms in total. The van der Waals surface area contributed by atoms with Crippen molar-refractivity contribution >= 4 is 5.91 Å². The molecule has 0 saturated carbocycles. The first-order valence-corrected chi connectivity index (χ1v) is 7.23. The van der Waals surface area contributed by atoms with Crippen LogP contribution in [0.4, 0.5) is 0 Å². The number of benzene rings is 1. The second-order valence-corrected chi connectivity index (χ2v) is 5.09. The van der Waals surface area contributed by atoms with E-state index in [1.165, 1.54) is 17.5 Å². The van der Waals surface area contributed by atoms with Crippen molar-refractivity contribution in [3.05, 3.63) is 35.4 Å². The van der Waals surface area contributed by atoms with E-state index < -0.39 is 0 Å². The minimum atomic E-state index is 0.0110. The van der Waals surface area contributed by atoms with Crippen molar-refractivity contribution in [2.45, 2.75) is 39.5 Å². The van der Waals surface area contributed by atoms with E-state index in [2.05, 4.69) is 36.5 Å². The Morgan fingerprint density at radius 2 is 1.79 bits per heavy atom. The molecular formula is C16H26N2O. The van der Waals surface area contributed by atoms with Gasteiger partial charge < -0.3 is 11.1 Å². The standard InChI is InChI=1S/C16H26N2O/c1-3-4-14-5-7-15(8-6-14)10-12-18-16(19)13(2)9-11-17/h5-8,13H,3-4,9-12,17H2,1-2H3,(H,18,19). The zero-order chi connectivity index (χ0) is 14.1. The van der Waals surface area contributed by atoms with Crippen molar-refractivity contribution in [3.8, 4) is 0 Å². The van der Waals surface area contributed by atoms with Crippen LogP contribution < -0.4 is 11.1 Å². The van der Waals surface area contributed by atoms with Gasteiger partial charge in [-0.15, -0.1) is 0 Å². The molecule has 0 fully saturated rings. The highest BCUT2D eigenvalue weighted by Crippen LogP contribution is 2.07. The van der Waals surface area contributed by atoms with E-state index in [-0.39, 0.29) is 11.8 Å². The zero-order valence-corrected chi connectivity index (χ0v) is 12.1. The first-order valence-electron chi connectivity index (χ1n) is 7.23. The van der Waals surface area contributed by atoms with Gasteiger partial charge in [0.15, 0.2) is 0 Å². The summed E-state index contributed by atoms with van der Waals surface area (Å²) < 4.78 is 0. The molecule has 1 rings (SSSR count). The van der Waals surface area contributed by atoms with Crippen LogP contribution in [0.25, 0.3) is 0 Å². The average molecular weight is 262 g/mol. The van der Waals surface area contributed by atoms with E-state index >= 15 is 0 Å². The molecule has 1 aromatic rings. The summed E-state index contributed by atoms with van der Waals surface area (Å²) in [6, 6.07) is 8.66. The van der Waals surface area contributed by atoms with Crippen molar-refractivity contribution < 1.29 is 4.79 Å². The van der Waals surface area contributed by atoms with Crippen molar-refractivity contribution in [2.75, 3.05) is 13.1 Å². The molecule has 0 aliphatic carbocycles. The number of carbonyl (C=O) groups is 1. The van der Waals surface area contributed by atoms with Crippen LogP contribution in [-0.2, 0) is 17.6 Å². The van der Waals surface area contributed by atoms with Crippen LogP contribution in [0.1, 0.15) is 37.8 Å². The van der Waals surface area contributed by atoms with Gasteiger partial charge in [0.2, 0.25) is 5.91 Å². The molecular weight excluding hydrogens is 236 g/mol. The second kappa shape index (κ2) is 8.70. The monoisotopic (exact) mass is 262 g/mol. The molecule has 3 heteroatoms. The Kier molecular flexibility index (Phi) is 7.19. The molecule has 0 spiro atoms. The molecule has 0 radical (unpaired) electrons. The zero-order valence-electron chi connectivity index (χ0n) is 12.1. The summed E-state index contributed by atoms with van der Waals surface area (Å²) in [4.78, 5) is 11.7. The maximum atomic E-state index is 11.7. The number of nitrogens with two attached hydrogens (primary N) is 1. The summed E-state index contributed by atoms with van der Waals surface area (Å²) in [5.74, 6) is 0.116. The van der Waals surface area contributed by atoms with Crippen LogP contribution in [0.15, 0.2) is 24.3 Å². The van der Waals surface area contributed by atoms with Gasteiger partial charge in [0.1, 0.15) is 0 Å². The summed E-state index contributed by atoms with van der Waals surface area (Å²) in [5, 5.41) is 2.96. The van der Waals surface area contributed by atoms with Gasteiger partial charge in [-0.2, -0.15) is 0 Å². The van der Waals surface area contributed by atoms with E-state index in [1.54, 1.807) is 0 Å². The predicted molar refractivity (Wildman–Crippen MR) is 80.0 cm³/mol. The van der Waals surface area contributed by atoms with E-state index in [4.69, 9.17) is 5.73 Å². The van der Waals surface area contributed by atoms with Crippen LogP contribution in [-0.4, -0.2) is 19.0 Å². The Morgan fingerprint density at radius 3 is 2.32 bits per heavy atom. The molecule has 0 saturated heterocycles. The highest BCUT2D eigenvalue weighted by molar-refractivity contribution is 5.78. The number of aryl methyl sites for hydroxylation is 1. The largest absolute Gasteiger partial charge is 0.356 e. The van der Waals surface area contributed by atoms with Crippen LogP contribution in [0, 0.1) is 5.92 Å². The van der Waals surface area contributed by atoms with Gasteiger partial charge in [-0.25, -0.2) is 0 Å². The summed E-state index contributed by atoms with van der Waals surface area (Å²) in [5.41, 5.74) is 8.10. The third kappa shape index (κ3) is 5.88. The number of rotatable bonds is 8. The third-order valence-electron chi connectivity index (χ3n) is 3.32. The lowest BCUT2D eigenvalue weighted by molar-refractivity contribution is -0.124. The highest BCUT2D eigenvalue weighted by atomic mass is 16.1. The van der Waals surface area contributed by atoms with Crippen molar-refractivity contribution in [1.29, 1.82) is 0 Å². The van der Waals surface area contributed by atoms with E-state index in [0.29, 0.717) is 13.1 Å². The summed E-state index contributed by atoms with van der Waals surface area (Å²) in [6.45, 7) is 5.36. The Morgan fingerprint density at radius 1 is 1.21 bits per heavy atom. The molecule has 1 atom stereocenters. The lowest BCUT2D eigenvalue weighted by Gasteiger charge is -2.11. The third-order valence-corrected chi connectivity index (χ3v) is 3.32. The average Bonchev–Trinajstić information content (AvgIpc) is 2.41. The highest BCUT2D eigenvalue weighted by Gasteiger charge is 2.10. The first-order chi connectivity index (χ1) is 9.17. The minimum Gasteiger partial charge on any atom is -0.356 e. The molecule has 1 unspecified atom stereocenters. The van der Waals surface area contributed by atoms with E-state index in [0.717, 1.165) is 19.3 Å². The Balaban J connectivity index is 2.30. The van der Waals surface area contributed by atoms with Crippen LogP contribution in [0.3, 0.4) is 0 Å². The summed E-state index contributed by atoms with van der Waals surface area (Å²) >= 11 is 0. The molecule has 0 aromatic heterocycles. The van der Waals surface area contributed by atoms with Crippen molar-refractivity contribution in [2.24, 2.45) is 11.7 Å². The van der Waals surface area contributed by atoms with Crippen LogP contribution in [0.2, 0.25) is 0 Å². The van der Waals surface area contributed by atoms with Gasteiger partial charge in [0, 0.05) is 12.5 Å². The fourth-order valence-corrected chi connectivity index (χ4v) is 2.05. The maximum absolute atomic E-state index is 11.7. The molecule has 106 valence electrons. The SMILES string of the molecule is CCCc1ccc(CCNC(=O)C(C)CCN)cc1.